The molecule has 0 aliphatic heterocycles. The van der Waals surface area contributed by atoms with Crippen LogP contribution < -0.4 is 5.32 Å². The lowest BCUT2D eigenvalue weighted by Gasteiger charge is -2.19. The van der Waals surface area contributed by atoms with Crippen LogP contribution in [0, 0.1) is 5.41 Å². The average Bonchev–Trinajstić information content (AvgIpc) is 2.34. The van der Waals surface area contributed by atoms with Crippen molar-refractivity contribution in [2.75, 3.05) is 26.7 Å². The Labute approximate surface area is 120 Å². The Hall–Kier alpha value is -1.59. The van der Waals surface area contributed by atoms with E-state index in [0.717, 1.165) is 0 Å². The summed E-state index contributed by atoms with van der Waals surface area (Å²) >= 11 is 0. The summed E-state index contributed by atoms with van der Waals surface area (Å²) in [5.41, 5.74) is -0.459. The molecule has 0 aromatic carbocycles. The quantitative estimate of drug-likeness (QED) is 0.707. The molecule has 0 atom stereocenters. The number of carbonyl (C=O) groups excluding carboxylic acids is 3. The van der Waals surface area contributed by atoms with Gasteiger partial charge < -0.3 is 15.0 Å². The Morgan fingerprint density at radius 1 is 1.15 bits per heavy atom. The van der Waals surface area contributed by atoms with Crippen molar-refractivity contribution in [2.24, 2.45) is 5.41 Å². The van der Waals surface area contributed by atoms with E-state index in [4.69, 9.17) is 4.74 Å². The van der Waals surface area contributed by atoms with E-state index in [1.807, 2.05) is 20.8 Å². The van der Waals surface area contributed by atoms with E-state index in [0.29, 0.717) is 19.7 Å². The van der Waals surface area contributed by atoms with Crippen molar-refractivity contribution in [3.05, 3.63) is 0 Å². The molecular weight excluding hydrogens is 260 g/mol. The van der Waals surface area contributed by atoms with E-state index >= 15 is 0 Å². The lowest BCUT2D eigenvalue weighted by Crippen LogP contribution is -2.38. The molecule has 0 aromatic rings. The van der Waals surface area contributed by atoms with Crippen molar-refractivity contribution < 1.29 is 19.1 Å². The van der Waals surface area contributed by atoms with Crippen LogP contribution >= 0.6 is 0 Å². The van der Waals surface area contributed by atoms with Crippen LogP contribution in [-0.4, -0.2) is 49.4 Å². The number of hydrogen-bond donors (Lipinski definition) is 1. The highest BCUT2D eigenvalue weighted by atomic mass is 16.5. The molecule has 0 saturated carbocycles. The predicted molar refractivity (Wildman–Crippen MR) is 76.0 cm³/mol. The number of ether oxygens (including phenoxy) is 1. The van der Waals surface area contributed by atoms with Crippen LogP contribution in [0.25, 0.3) is 0 Å². The minimum atomic E-state index is -0.459. The van der Waals surface area contributed by atoms with Crippen LogP contribution in [0.4, 0.5) is 0 Å². The van der Waals surface area contributed by atoms with Crippen molar-refractivity contribution >= 4 is 17.8 Å². The van der Waals surface area contributed by atoms with E-state index in [1.165, 1.54) is 4.90 Å². The third kappa shape index (κ3) is 7.76. The molecule has 0 heterocycles. The Kier molecular flexibility index (Phi) is 7.87. The largest absolute Gasteiger partial charge is 0.466 e. The topological polar surface area (TPSA) is 75.7 Å². The van der Waals surface area contributed by atoms with Gasteiger partial charge in [-0.15, -0.1) is 0 Å². The molecule has 2 amide bonds. The fraction of sp³-hybridized carbons (Fsp3) is 0.786. The monoisotopic (exact) mass is 286 g/mol. The number of esters is 1. The van der Waals surface area contributed by atoms with Crippen molar-refractivity contribution in [1.82, 2.24) is 10.2 Å². The van der Waals surface area contributed by atoms with Gasteiger partial charge >= 0.3 is 5.97 Å². The molecule has 1 N–H and O–H groups in total. The lowest BCUT2D eigenvalue weighted by molar-refractivity contribution is -0.143. The van der Waals surface area contributed by atoms with Crippen LogP contribution in [-0.2, 0) is 19.1 Å². The van der Waals surface area contributed by atoms with E-state index in [-0.39, 0.29) is 30.6 Å². The van der Waals surface area contributed by atoms with Crippen LogP contribution in [0.15, 0.2) is 0 Å². The van der Waals surface area contributed by atoms with E-state index in [9.17, 15) is 14.4 Å². The standard InChI is InChI=1S/C14H26N2O4/c1-6-20-12(18)8-10-16(5)11(17)7-9-15-13(19)14(2,3)4/h6-10H2,1-5H3,(H,15,19). The summed E-state index contributed by atoms with van der Waals surface area (Å²) in [6, 6.07) is 0. The molecule has 6 nitrogen and oxygen atoms in total. The van der Waals surface area contributed by atoms with Gasteiger partial charge in [0.2, 0.25) is 11.8 Å². The maximum atomic E-state index is 11.8. The van der Waals surface area contributed by atoms with Gasteiger partial charge in [0.25, 0.3) is 0 Å². The highest BCUT2D eigenvalue weighted by Crippen LogP contribution is 2.12. The number of nitrogens with zero attached hydrogens (tertiary/aromatic N) is 1. The second-order valence-electron chi connectivity index (χ2n) is 5.63. The van der Waals surface area contributed by atoms with Gasteiger partial charge in [0.05, 0.1) is 13.0 Å². The number of hydrogen-bond acceptors (Lipinski definition) is 4. The highest BCUT2D eigenvalue weighted by molar-refractivity contribution is 5.82. The van der Waals surface area contributed by atoms with Crippen LogP contribution in [0.1, 0.15) is 40.5 Å². The smallest absolute Gasteiger partial charge is 0.307 e. The first-order valence-corrected chi connectivity index (χ1v) is 6.86. The predicted octanol–water partition coefficient (Wildman–Crippen LogP) is 0.950. The van der Waals surface area contributed by atoms with Crippen molar-refractivity contribution in [2.45, 2.75) is 40.5 Å². The van der Waals surface area contributed by atoms with E-state index in [2.05, 4.69) is 5.32 Å². The molecule has 0 unspecified atom stereocenters. The van der Waals surface area contributed by atoms with Gasteiger partial charge in [-0.25, -0.2) is 0 Å². The fourth-order valence-corrected chi connectivity index (χ4v) is 1.36. The third-order valence-electron chi connectivity index (χ3n) is 2.69. The van der Waals surface area contributed by atoms with Crippen LogP contribution in [0.2, 0.25) is 0 Å². The maximum Gasteiger partial charge on any atom is 0.307 e. The maximum absolute atomic E-state index is 11.8. The Morgan fingerprint density at radius 3 is 2.25 bits per heavy atom. The first kappa shape index (κ1) is 18.4. The van der Waals surface area contributed by atoms with Crippen molar-refractivity contribution in [3.8, 4) is 0 Å². The summed E-state index contributed by atoms with van der Waals surface area (Å²) in [5.74, 6) is -0.504. The zero-order valence-electron chi connectivity index (χ0n) is 13.1. The van der Waals surface area contributed by atoms with Crippen LogP contribution in [0.5, 0.6) is 0 Å². The summed E-state index contributed by atoms with van der Waals surface area (Å²) in [6.45, 7) is 8.16. The minimum Gasteiger partial charge on any atom is -0.466 e. The second-order valence-corrected chi connectivity index (χ2v) is 5.63. The molecule has 0 fully saturated rings. The number of carbonyl (C=O) groups is 3. The Bertz CT molecular complexity index is 348. The Balaban J connectivity index is 3.92. The van der Waals surface area contributed by atoms with Gasteiger partial charge in [-0.1, -0.05) is 20.8 Å². The molecule has 0 rings (SSSR count). The third-order valence-corrected chi connectivity index (χ3v) is 2.69. The van der Waals surface area contributed by atoms with Gasteiger partial charge in [-0.05, 0) is 6.92 Å². The molecule has 0 aliphatic carbocycles. The van der Waals surface area contributed by atoms with E-state index in [1.54, 1.807) is 14.0 Å². The molecule has 6 heteroatoms. The van der Waals surface area contributed by atoms with Gasteiger partial charge in [-0.3, -0.25) is 14.4 Å². The minimum absolute atomic E-state index is 0.0838. The first-order chi connectivity index (χ1) is 9.18. The molecule has 116 valence electrons. The summed E-state index contributed by atoms with van der Waals surface area (Å²) in [5, 5.41) is 2.72. The zero-order valence-corrected chi connectivity index (χ0v) is 13.1. The molecule has 0 spiro atoms. The second kappa shape index (κ2) is 8.55. The number of nitrogens with one attached hydrogen (secondary N) is 1. The van der Waals surface area contributed by atoms with Gasteiger partial charge in [0.1, 0.15) is 0 Å². The lowest BCUT2D eigenvalue weighted by atomic mass is 9.96. The highest BCUT2D eigenvalue weighted by Gasteiger charge is 2.21. The normalized spacial score (nSPS) is 10.8. The van der Waals surface area contributed by atoms with Crippen LogP contribution in [0.3, 0.4) is 0 Å². The molecule has 0 radical (unpaired) electrons. The van der Waals surface area contributed by atoms with Crippen molar-refractivity contribution in [3.63, 3.8) is 0 Å². The molecule has 0 aliphatic rings. The summed E-state index contributed by atoms with van der Waals surface area (Å²) in [6.07, 6.45) is 0.408. The molecule has 0 bridgehead atoms. The van der Waals surface area contributed by atoms with Gasteiger partial charge in [0.15, 0.2) is 0 Å². The number of amides is 2. The summed E-state index contributed by atoms with van der Waals surface area (Å²) in [7, 11) is 1.63. The SMILES string of the molecule is CCOC(=O)CCN(C)C(=O)CCNC(=O)C(C)(C)C. The molecule has 20 heavy (non-hydrogen) atoms. The Morgan fingerprint density at radius 2 is 1.75 bits per heavy atom. The molecule has 0 aromatic heterocycles. The summed E-state index contributed by atoms with van der Waals surface area (Å²) < 4.78 is 4.79. The van der Waals surface area contributed by atoms with E-state index < -0.39 is 5.41 Å². The number of rotatable bonds is 7. The first-order valence-electron chi connectivity index (χ1n) is 6.86. The van der Waals surface area contributed by atoms with Crippen molar-refractivity contribution in [1.29, 1.82) is 0 Å². The average molecular weight is 286 g/mol. The summed E-state index contributed by atoms with van der Waals surface area (Å²) in [4.78, 5) is 36.0. The fourth-order valence-electron chi connectivity index (χ4n) is 1.36. The zero-order chi connectivity index (χ0) is 15.8. The van der Waals surface area contributed by atoms with Gasteiger partial charge in [-0.2, -0.15) is 0 Å². The van der Waals surface area contributed by atoms with Gasteiger partial charge in [0, 0.05) is 32.0 Å². The molecule has 0 saturated heterocycles. The molecular formula is C14H26N2O4.